The number of carbonyl (C=O) groups excluding carboxylic acids is 2. The quantitative estimate of drug-likeness (QED) is 0.443. The fourth-order valence-corrected chi connectivity index (χ4v) is 4.15. The van der Waals surface area contributed by atoms with E-state index in [-0.39, 0.29) is 30.3 Å². The highest BCUT2D eigenvalue weighted by molar-refractivity contribution is 6.31. The number of nitrogens with zero attached hydrogens (tertiary/aromatic N) is 3. The van der Waals surface area contributed by atoms with Gasteiger partial charge < -0.3 is 0 Å². The molecule has 0 bridgehead atoms. The Balaban J connectivity index is 1.58. The summed E-state index contributed by atoms with van der Waals surface area (Å²) in [5.74, 6) is -0.220. The van der Waals surface area contributed by atoms with Crippen LogP contribution in [0.5, 0.6) is 0 Å². The molecule has 158 valence electrons. The summed E-state index contributed by atoms with van der Waals surface area (Å²) in [7, 11) is 0. The minimum absolute atomic E-state index is 0.108. The summed E-state index contributed by atoms with van der Waals surface area (Å²) >= 11 is 6.12. The van der Waals surface area contributed by atoms with Crippen molar-refractivity contribution in [3.05, 3.63) is 105 Å². The van der Waals surface area contributed by atoms with Gasteiger partial charge in [-0.1, -0.05) is 41.4 Å². The molecule has 1 aliphatic heterocycles. The van der Waals surface area contributed by atoms with Crippen molar-refractivity contribution >= 4 is 34.3 Å². The van der Waals surface area contributed by atoms with E-state index in [1.165, 1.54) is 9.47 Å². The molecule has 0 unspecified atom stereocenters. The Bertz CT molecular complexity index is 1420. The number of hydrogen-bond acceptors (Lipinski definition) is 4. The van der Waals surface area contributed by atoms with Crippen LogP contribution < -0.4 is 5.56 Å². The van der Waals surface area contributed by atoms with Gasteiger partial charge in [0.25, 0.3) is 17.4 Å². The largest absolute Gasteiger partial charge is 0.274 e. The van der Waals surface area contributed by atoms with Gasteiger partial charge in [0.15, 0.2) is 0 Å². The van der Waals surface area contributed by atoms with E-state index < -0.39 is 0 Å². The molecule has 4 aromatic rings. The zero-order valence-corrected chi connectivity index (χ0v) is 18.0. The molecule has 0 aliphatic carbocycles. The molecule has 0 N–H and O–H groups in total. The van der Waals surface area contributed by atoms with Crippen LogP contribution in [-0.2, 0) is 6.42 Å². The summed E-state index contributed by atoms with van der Waals surface area (Å²) in [6.45, 7) is 2.08. The predicted octanol–water partition coefficient (Wildman–Crippen LogP) is 4.19. The molecule has 0 atom stereocenters. The number of rotatable bonds is 4. The van der Waals surface area contributed by atoms with Crippen LogP contribution in [0.15, 0.2) is 71.5 Å². The second-order valence-corrected chi connectivity index (χ2v) is 8.16. The van der Waals surface area contributed by atoms with Gasteiger partial charge in [-0.15, -0.1) is 0 Å². The molecule has 2 heterocycles. The third kappa shape index (κ3) is 3.29. The topological polar surface area (TPSA) is 72.3 Å². The van der Waals surface area contributed by atoms with Crippen molar-refractivity contribution < 1.29 is 9.59 Å². The predicted molar refractivity (Wildman–Crippen MR) is 123 cm³/mol. The van der Waals surface area contributed by atoms with Gasteiger partial charge in [-0.2, -0.15) is 0 Å². The number of imide groups is 1. The van der Waals surface area contributed by atoms with Crippen molar-refractivity contribution in [2.45, 2.75) is 13.3 Å². The smallest absolute Gasteiger partial charge is 0.265 e. The van der Waals surface area contributed by atoms with Gasteiger partial charge in [0, 0.05) is 18.0 Å². The average molecular weight is 444 g/mol. The molecule has 6 nitrogen and oxygen atoms in total. The second-order valence-electron chi connectivity index (χ2n) is 7.72. The van der Waals surface area contributed by atoms with Gasteiger partial charge >= 0.3 is 0 Å². The van der Waals surface area contributed by atoms with Crippen LogP contribution in [0.4, 0.5) is 0 Å². The molecule has 0 saturated heterocycles. The lowest BCUT2D eigenvalue weighted by Gasteiger charge is -2.17. The highest BCUT2D eigenvalue weighted by Gasteiger charge is 2.35. The van der Waals surface area contributed by atoms with Crippen LogP contribution >= 0.6 is 11.6 Å². The SMILES string of the molecule is Cc1ccc(-n2c(CCN3C(=O)c4ccccc4C3=O)nc3cc(Cl)ccc3c2=O)cc1. The van der Waals surface area contributed by atoms with Crippen molar-refractivity contribution in [1.29, 1.82) is 0 Å². The van der Waals surface area contributed by atoms with Gasteiger partial charge in [-0.3, -0.25) is 23.9 Å². The lowest BCUT2D eigenvalue weighted by molar-refractivity contribution is 0.0655. The molecule has 0 spiro atoms. The first-order chi connectivity index (χ1) is 15.4. The lowest BCUT2D eigenvalue weighted by atomic mass is 10.1. The van der Waals surface area contributed by atoms with Gasteiger partial charge in [0.1, 0.15) is 5.82 Å². The third-order valence-electron chi connectivity index (χ3n) is 5.63. The van der Waals surface area contributed by atoms with Gasteiger partial charge in [-0.05, 0) is 49.4 Å². The van der Waals surface area contributed by atoms with Crippen LogP contribution in [0.1, 0.15) is 32.1 Å². The number of halogens is 1. The molecular formula is C25H18ClN3O3. The fourth-order valence-electron chi connectivity index (χ4n) is 3.99. The summed E-state index contributed by atoms with van der Waals surface area (Å²) in [4.78, 5) is 44.8. The molecule has 0 radical (unpaired) electrons. The van der Waals surface area contributed by atoms with Crippen molar-refractivity contribution in [2.24, 2.45) is 0 Å². The first kappa shape index (κ1) is 20.2. The first-order valence-corrected chi connectivity index (χ1v) is 10.6. The van der Waals surface area contributed by atoms with Crippen molar-refractivity contribution in [1.82, 2.24) is 14.5 Å². The Hall–Kier alpha value is -3.77. The Kier molecular flexibility index (Phi) is 4.87. The van der Waals surface area contributed by atoms with Crippen molar-refractivity contribution in [3.63, 3.8) is 0 Å². The molecular weight excluding hydrogens is 426 g/mol. The number of fused-ring (bicyclic) bond motifs is 2. The maximum Gasteiger partial charge on any atom is 0.265 e. The molecule has 0 saturated carbocycles. The molecule has 1 aromatic heterocycles. The monoisotopic (exact) mass is 443 g/mol. The Labute approximate surface area is 188 Å². The maximum absolute atomic E-state index is 13.4. The maximum atomic E-state index is 13.4. The van der Waals surface area contributed by atoms with E-state index >= 15 is 0 Å². The molecule has 1 aliphatic rings. The lowest BCUT2D eigenvalue weighted by Crippen LogP contribution is -2.33. The van der Waals surface area contributed by atoms with E-state index in [1.54, 1.807) is 42.5 Å². The van der Waals surface area contributed by atoms with Crippen LogP contribution in [0.2, 0.25) is 5.02 Å². The Morgan fingerprint density at radius 2 is 1.53 bits per heavy atom. The number of carbonyl (C=O) groups is 2. The van der Waals surface area contributed by atoms with Crippen LogP contribution in [0.25, 0.3) is 16.6 Å². The number of amides is 2. The van der Waals surface area contributed by atoms with Gasteiger partial charge in [0.2, 0.25) is 0 Å². The highest BCUT2D eigenvalue weighted by Crippen LogP contribution is 2.23. The van der Waals surface area contributed by atoms with E-state index in [9.17, 15) is 14.4 Å². The van der Waals surface area contributed by atoms with Gasteiger partial charge in [-0.25, -0.2) is 4.98 Å². The highest BCUT2D eigenvalue weighted by atomic mass is 35.5. The van der Waals surface area contributed by atoms with Crippen LogP contribution in [0, 0.1) is 6.92 Å². The fraction of sp³-hybridized carbons (Fsp3) is 0.120. The second kappa shape index (κ2) is 7.73. The molecule has 5 rings (SSSR count). The zero-order valence-electron chi connectivity index (χ0n) is 17.2. The number of hydrogen-bond donors (Lipinski definition) is 0. The van der Waals surface area contributed by atoms with Crippen molar-refractivity contribution in [3.8, 4) is 5.69 Å². The number of aryl methyl sites for hydroxylation is 1. The Morgan fingerprint density at radius 1 is 0.875 bits per heavy atom. The minimum atomic E-state index is -0.335. The van der Waals surface area contributed by atoms with E-state index in [4.69, 9.17) is 11.6 Å². The van der Waals surface area contributed by atoms with Gasteiger partial charge in [0.05, 0.1) is 27.7 Å². The standard InChI is InChI=1S/C25H18ClN3O3/c1-15-6-9-17(10-7-15)29-22(27-21-14-16(26)8-11-20(21)25(29)32)12-13-28-23(30)18-4-2-3-5-19(18)24(28)31/h2-11,14H,12-13H2,1H3. The van der Waals surface area contributed by atoms with Crippen LogP contribution in [-0.4, -0.2) is 32.8 Å². The summed E-state index contributed by atoms with van der Waals surface area (Å²) < 4.78 is 1.54. The normalized spacial score (nSPS) is 13.1. The summed E-state index contributed by atoms with van der Waals surface area (Å²) in [6.07, 6.45) is 0.219. The Morgan fingerprint density at radius 3 is 2.19 bits per heavy atom. The number of benzene rings is 3. The summed E-state index contributed by atoms with van der Waals surface area (Å²) in [5.41, 5.74) is 2.77. The molecule has 2 amide bonds. The first-order valence-electron chi connectivity index (χ1n) is 10.2. The summed E-state index contributed by atoms with van der Waals surface area (Å²) in [6, 6.07) is 19.3. The summed E-state index contributed by atoms with van der Waals surface area (Å²) in [5, 5.41) is 0.920. The van der Waals surface area contributed by atoms with E-state index in [2.05, 4.69) is 4.98 Å². The molecule has 3 aromatic carbocycles. The molecule has 32 heavy (non-hydrogen) atoms. The average Bonchev–Trinajstić information content (AvgIpc) is 3.03. The minimum Gasteiger partial charge on any atom is -0.274 e. The number of aromatic nitrogens is 2. The molecule has 7 heteroatoms. The van der Waals surface area contributed by atoms with Crippen LogP contribution in [0.3, 0.4) is 0 Å². The zero-order chi connectivity index (χ0) is 22.4. The molecule has 0 fully saturated rings. The van der Waals surface area contributed by atoms with E-state index in [1.807, 2.05) is 31.2 Å². The van der Waals surface area contributed by atoms with E-state index in [0.29, 0.717) is 38.6 Å². The van der Waals surface area contributed by atoms with E-state index in [0.717, 1.165) is 5.56 Å². The van der Waals surface area contributed by atoms with Crippen molar-refractivity contribution in [2.75, 3.05) is 6.54 Å². The third-order valence-corrected chi connectivity index (χ3v) is 5.87.